The number of aryl methyl sites for hydroxylation is 2. The Morgan fingerprint density at radius 3 is 2.21 bits per heavy atom. The number of carbonyl (C=O) groups excluding carboxylic acids is 2. The van der Waals surface area contributed by atoms with E-state index in [4.69, 9.17) is 0 Å². The second-order valence-electron chi connectivity index (χ2n) is 8.06. The average Bonchev–Trinajstić information content (AvgIpc) is 2.81. The van der Waals surface area contributed by atoms with Gasteiger partial charge in [-0.3, -0.25) is 9.59 Å². The number of amides is 2. The highest BCUT2D eigenvalue weighted by Crippen LogP contribution is 2.28. The molecule has 0 bridgehead atoms. The fourth-order valence-corrected chi connectivity index (χ4v) is 4.60. The van der Waals surface area contributed by atoms with Crippen molar-refractivity contribution in [2.24, 2.45) is 0 Å². The second kappa shape index (κ2) is 9.92. The number of anilines is 2. The molecule has 0 spiro atoms. The van der Waals surface area contributed by atoms with E-state index >= 15 is 0 Å². The third-order valence-corrected chi connectivity index (χ3v) is 6.61. The standard InChI is InChI=1S/C28H26N2O2S/c1-18-8-6-9-19(2)26(18)30-27(31)20(3)33-25-13-7-12-24(17-25)29-28(32)23-15-14-21-10-4-5-11-22(21)16-23/h4-17,20H,1-3H3,(H,29,32)(H,30,31). The molecule has 0 aliphatic rings. The minimum Gasteiger partial charge on any atom is -0.325 e. The molecule has 0 heterocycles. The summed E-state index contributed by atoms with van der Waals surface area (Å²) in [4.78, 5) is 26.5. The van der Waals surface area contributed by atoms with Crippen molar-refractivity contribution in [3.05, 3.63) is 102 Å². The van der Waals surface area contributed by atoms with Crippen LogP contribution in [-0.4, -0.2) is 17.1 Å². The average molecular weight is 455 g/mol. The predicted octanol–water partition coefficient (Wildman–Crippen LogP) is 6.83. The number of carbonyl (C=O) groups is 2. The van der Waals surface area contributed by atoms with Gasteiger partial charge in [-0.2, -0.15) is 0 Å². The summed E-state index contributed by atoms with van der Waals surface area (Å²) < 4.78 is 0. The van der Waals surface area contributed by atoms with Crippen molar-refractivity contribution in [3.8, 4) is 0 Å². The van der Waals surface area contributed by atoms with Gasteiger partial charge in [-0.1, -0.05) is 54.6 Å². The lowest BCUT2D eigenvalue weighted by molar-refractivity contribution is -0.115. The lowest BCUT2D eigenvalue weighted by Crippen LogP contribution is -2.23. The third-order valence-electron chi connectivity index (χ3n) is 5.51. The molecule has 0 radical (unpaired) electrons. The Kier molecular flexibility index (Phi) is 6.80. The molecule has 1 unspecified atom stereocenters. The summed E-state index contributed by atoms with van der Waals surface area (Å²) in [5.41, 5.74) is 4.25. The summed E-state index contributed by atoms with van der Waals surface area (Å²) in [7, 11) is 0. The zero-order chi connectivity index (χ0) is 23.4. The molecule has 2 N–H and O–H groups in total. The van der Waals surface area contributed by atoms with Gasteiger partial charge in [0.15, 0.2) is 0 Å². The minimum atomic E-state index is -0.296. The Bertz CT molecular complexity index is 1310. The van der Waals surface area contributed by atoms with Crippen molar-refractivity contribution in [3.63, 3.8) is 0 Å². The van der Waals surface area contributed by atoms with Gasteiger partial charge in [0.2, 0.25) is 5.91 Å². The van der Waals surface area contributed by atoms with Gasteiger partial charge in [0.25, 0.3) is 5.91 Å². The van der Waals surface area contributed by atoms with Crippen molar-refractivity contribution < 1.29 is 9.59 Å². The van der Waals surface area contributed by atoms with Gasteiger partial charge in [-0.15, -0.1) is 11.8 Å². The molecule has 166 valence electrons. The molecule has 0 aliphatic carbocycles. The maximum Gasteiger partial charge on any atom is 0.255 e. The Labute approximate surface area is 198 Å². The van der Waals surface area contributed by atoms with Crippen LogP contribution in [0, 0.1) is 13.8 Å². The van der Waals surface area contributed by atoms with E-state index in [9.17, 15) is 9.59 Å². The largest absolute Gasteiger partial charge is 0.325 e. The molecule has 4 nitrogen and oxygen atoms in total. The van der Waals surface area contributed by atoms with E-state index in [1.807, 2.05) is 106 Å². The first-order valence-corrected chi connectivity index (χ1v) is 11.7. The van der Waals surface area contributed by atoms with Gasteiger partial charge >= 0.3 is 0 Å². The summed E-state index contributed by atoms with van der Waals surface area (Å²) in [5, 5.41) is 7.85. The monoisotopic (exact) mass is 454 g/mol. The minimum absolute atomic E-state index is 0.0528. The highest BCUT2D eigenvalue weighted by atomic mass is 32.2. The van der Waals surface area contributed by atoms with Crippen LogP contribution in [-0.2, 0) is 4.79 Å². The van der Waals surface area contributed by atoms with Crippen LogP contribution in [0.1, 0.15) is 28.4 Å². The normalized spacial score (nSPS) is 11.7. The van der Waals surface area contributed by atoms with Crippen LogP contribution in [0.5, 0.6) is 0 Å². The first-order valence-electron chi connectivity index (χ1n) is 10.8. The van der Waals surface area contributed by atoms with Gasteiger partial charge in [0.1, 0.15) is 0 Å². The highest BCUT2D eigenvalue weighted by Gasteiger charge is 2.17. The summed E-state index contributed by atoms with van der Waals surface area (Å²) >= 11 is 1.46. The maximum atomic E-state index is 12.8. The number of benzene rings is 4. The molecular weight excluding hydrogens is 428 g/mol. The van der Waals surface area contributed by atoms with Crippen LogP contribution in [0.15, 0.2) is 89.8 Å². The molecule has 5 heteroatoms. The fourth-order valence-electron chi connectivity index (χ4n) is 3.68. The van der Waals surface area contributed by atoms with Gasteiger partial charge in [-0.25, -0.2) is 0 Å². The quantitative estimate of drug-likeness (QED) is 0.314. The van der Waals surface area contributed by atoms with Crippen LogP contribution < -0.4 is 10.6 Å². The van der Waals surface area contributed by atoms with Gasteiger partial charge in [-0.05, 0) is 73.0 Å². The van der Waals surface area contributed by atoms with E-state index < -0.39 is 0 Å². The smallest absolute Gasteiger partial charge is 0.255 e. The summed E-state index contributed by atoms with van der Waals surface area (Å²) in [6.07, 6.45) is 0. The number of rotatable bonds is 6. The predicted molar refractivity (Wildman–Crippen MR) is 138 cm³/mol. The number of nitrogens with one attached hydrogen (secondary N) is 2. The van der Waals surface area contributed by atoms with Crippen LogP contribution in [0.3, 0.4) is 0 Å². The molecule has 4 rings (SSSR count). The summed E-state index contributed by atoms with van der Waals surface area (Å²) in [6, 6.07) is 27.2. The molecule has 1 atom stereocenters. The fraction of sp³-hybridized carbons (Fsp3) is 0.143. The van der Waals surface area contributed by atoms with Gasteiger partial charge < -0.3 is 10.6 Å². The molecule has 0 saturated carbocycles. The Balaban J connectivity index is 1.42. The Morgan fingerprint density at radius 1 is 0.758 bits per heavy atom. The van der Waals surface area contributed by atoms with E-state index in [1.165, 1.54) is 11.8 Å². The number of hydrogen-bond acceptors (Lipinski definition) is 3. The second-order valence-corrected chi connectivity index (χ2v) is 9.47. The Morgan fingerprint density at radius 2 is 1.45 bits per heavy atom. The molecule has 0 fully saturated rings. The van der Waals surface area contributed by atoms with Crippen molar-refractivity contribution in [1.82, 2.24) is 0 Å². The van der Waals surface area contributed by atoms with Gasteiger partial charge in [0.05, 0.1) is 5.25 Å². The van der Waals surface area contributed by atoms with Crippen LogP contribution in [0.2, 0.25) is 0 Å². The molecule has 0 aromatic heterocycles. The lowest BCUT2D eigenvalue weighted by atomic mass is 10.1. The van der Waals surface area contributed by atoms with Crippen LogP contribution >= 0.6 is 11.8 Å². The summed E-state index contributed by atoms with van der Waals surface area (Å²) in [6.45, 7) is 5.86. The Hall–Kier alpha value is -3.57. The van der Waals surface area contributed by atoms with Gasteiger partial charge in [0, 0.05) is 21.8 Å². The maximum absolute atomic E-state index is 12.8. The van der Waals surface area contributed by atoms with E-state index in [2.05, 4.69) is 10.6 Å². The van der Waals surface area contributed by atoms with Crippen molar-refractivity contribution in [2.75, 3.05) is 10.6 Å². The number of thioether (sulfide) groups is 1. The number of hydrogen-bond donors (Lipinski definition) is 2. The van der Waals surface area contributed by atoms with E-state index in [0.717, 1.165) is 32.5 Å². The third kappa shape index (κ3) is 5.44. The van der Waals surface area contributed by atoms with Crippen molar-refractivity contribution in [2.45, 2.75) is 30.9 Å². The molecule has 4 aromatic rings. The zero-order valence-electron chi connectivity index (χ0n) is 18.9. The van der Waals surface area contributed by atoms with E-state index in [1.54, 1.807) is 0 Å². The molecule has 0 saturated heterocycles. The van der Waals surface area contributed by atoms with E-state index in [0.29, 0.717) is 11.3 Å². The first kappa shape index (κ1) is 22.6. The van der Waals surface area contributed by atoms with E-state index in [-0.39, 0.29) is 17.1 Å². The SMILES string of the molecule is Cc1cccc(C)c1NC(=O)C(C)Sc1cccc(NC(=O)c2ccc3ccccc3c2)c1. The molecule has 33 heavy (non-hydrogen) atoms. The van der Waals surface area contributed by atoms with Crippen LogP contribution in [0.25, 0.3) is 10.8 Å². The molecular formula is C28H26N2O2S. The van der Waals surface area contributed by atoms with Crippen molar-refractivity contribution >= 4 is 45.7 Å². The zero-order valence-corrected chi connectivity index (χ0v) is 19.7. The number of para-hydroxylation sites is 1. The highest BCUT2D eigenvalue weighted by molar-refractivity contribution is 8.00. The lowest BCUT2D eigenvalue weighted by Gasteiger charge is -2.16. The van der Waals surface area contributed by atoms with Crippen molar-refractivity contribution in [1.29, 1.82) is 0 Å². The topological polar surface area (TPSA) is 58.2 Å². The number of fused-ring (bicyclic) bond motifs is 1. The summed E-state index contributed by atoms with van der Waals surface area (Å²) in [5.74, 6) is -0.216. The molecule has 0 aliphatic heterocycles. The molecule has 4 aromatic carbocycles. The van der Waals surface area contributed by atoms with Crippen LogP contribution in [0.4, 0.5) is 11.4 Å². The first-order chi connectivity index (χ1) is 15.9. The molecule has 2 amide bonds.